The Morgan fingerprint density at radius 1 is 1.10 bits per heavy atom. The molecule has 4 aromatic rings. The highest BCUT2D eigenvalue weighted by Gasteiger charge is 2.27. The lowest BCUT2D eigenvalue weighted by Crippen LogP contribution is -2.35. The molecule has 0 N–H and O–H groups in total. The second kappa shape index (κ2) is 8.91. The number of carbonyl (C=O) groups excluding carboxylic acids is 1. The Bertz CT molecular complexity index is 1280. The predicted octanol–water partition coefficient (Wildman–Crippen LogP) is 4.05. The number of aromatic nitrogens is 1. The molecule has 0 saturated carbocycles. The van der Waals surface area contributed by atoms with E-state index in [1.807, 2.05) is 18.2 Å². The van der Waals surface area contributed by atoms with Gasteiger partial charge < -0.3 is 9.15 Å². The van der Waals surface area contributed by atoms with E-state index in [1.54, 1.807) is 49.6 Å². The number of fused-ring (bicyclic) bond motifs is 1. The van der Waals surface area contributed by atoms with Crippen LogP contribution in [0.25, 0.3) is 10.2 Å². The first-order valence-electron chi connectivity index (χ1n) is 9.46. The first-order chi connectivity index (χ1) is 14.9. The summed E-state index contributed by atoms with van der Waals surface area (Å²) in [5, 5.41) is 0.385. The summed E-state index contributed by atoms with van der Waals surface area (Å²) < 4.78 is 37.0. The SMILES string of the molecule is COc1cccc2sc(N(Cc3ccco3)C(=O)CS(=O)(=O)Cc3ccccc3)nc12. The highest BCUT2D eigenvalue weighted by molar-refractivity contribution is 7.91. The van der Waals surface area contributed by atoms with E-state index in [4.69, 9.17) is 9.15 Å². The van der Waals surface area contributed by atoms with Crippen LogP contribution in [-0.4, -0.2) is 32.2 Å². The zero-order chi connectivity index (χ0) is 21.8. The van der Waals surface area contributed by atoms with Gasteiger partial charge in [-0.3, -0.25) is 9.69 Å². The molecule has 0 aliphatic rings. The summed E-state index contributed by atoms with van der Waals surface area (Å²) in [6.45, 7) is 0.0782. The Kier molecular flexibility index (Phi) is 6.06. The van der Waals surface area contributed by atoms with Crippen molar-refractivity contribution < 1.29 is 22.4 Å². The van der Waals surface area contributed by atoms with Crippen molar-refractivity contribution in [2.75, 3.05) is 17.8 Å². The minimum Gasteiger partial charge on any atom is -0.494 e. The van der Waals surface area contributed by atoms with Crippen molar-refractivity contribution in [1.29, 1.82) is 0 Å². The number of thiazole rings is 1. The number of hydrogen-bond acceptors (Lipinski definition) is 7. The molecule has 31 heavy (non-hydrogen) atoms. The number of ether oxygens (including phenoxy) is 1. The van der Waals surface area contributed by atoms with Gasteiger partial charge in [0.25, 0.3) is 0 Å². The summed E-state index contributed by atoms with van der Waals surface area (Å²) in [6.07, 6.45) is 1.51. The molecule has 0 spiro atoms. The van der Waals surface area contributed by atoms with Gasteiger partial charge in [-0.1, -0.05) is 47.7 Å². The molecular weight excluding hydrogens is 436 g/mol. The standard InChI is InChI=1S/C22H20N2O5S2/c1-28-18-10-5-11-19-21(18)23-22(30-19)24(13-17-9-6-12-29-17)20(25)15-31(26,27)14-16-7-3-2-4-8-16/h2-12H,13-15H2,1H3. The molecule has 2 aromatic carbocycles. The van der Waals surface area contributed by atoms with Crippen molar-refractivity contribution in [1.82, 2.24) is 4.98 Å². The highest BCUT2D eigenvalue weighted by Crippen LogP contribution is 2.34. The Morgan fingerprint density at radius 2 is 1.90 bits per heavy atom. The van der Waals surface area contributed by atoms with Gasteiger partial charge in [-0.05, 0) is 29.8 Å². The number of sulfone groups is 1. The van der Waals surface area contributed by atoms with Gasteiger partial charge >= 0.3 is 0 Å². The fraction of sp³-hybridized carbons (Fsp3) is 0.182. The summed E-state index contributed by atoms with van der Waals surface area (Å²) >= 11 is 1.29. The number of carbonyl (C=O) groups is 1. The van der Waals surface area contributed by atoms with E-state index < -0.39 is 21.5 Å². The average Bonchev–Trinajstić information content (AvgIpc) is 3.41. The molecular formula is C22H20N2O5S2. The van der Waals surface area contributed by atoms with Crippen LogP contribution in [0.2, 0.25) is 0 Å². The number of hydrogen-bond donors (Lipinski definition) is 0. The minimum atomic E-state index is -3.68. The average molecular weight is 457 g/mol. The Labute approximate surface area is 183 Å². The zero-order valence-corrected chi connectivity index (χ0v) is 18.4. The number of benzene rings is 2. The summed E-state index contributed by atoms with van der Waals surface area (Å²) in [7, 11) is -2.13. The first-order valence-corrected chi connectivity index (χ1v) is 12.1. The molecule has 0 fully saturated rings. The van der Waals surface area contributed by atoms with Crippen molar-refractivity contribution in [2.24, 2.45) is 0 Å². The van der Waals surface area contributed by atoms with Crippen LogP contribution in [0.3, 0.4) is 0 Å². The van der Waals surface area contributed by atoms with Crippen LogP contribution in [0, 0.1) is 0 Å². The van der Waals surface area contributed by atoms with Gasteiger partial charge in [-0.15, -0.1) is 0 Å². The number of nitrogens with zero attached hydrogens (tertiary/aromatic N) is 2. The van der Waals surface area contributed by atoms with E-state index in [2.05, 4.69) is 4.98 Å². The Balaban J connectivity index is 1.64. The molecule has 0 radical (unpaired) electrons. The van der Waals surface area contributed by atoms with E-state index >= 15 is 0 Å². The first kappa shape index (κ1) is 21.1. The van der Waals surface area contributed by atoms with Crippen LogP contribution in [0.1, 0.15) is 11.3 Å². The van der Waals surface area contributed by atoms with Crippen LogP contribution in [-0.2, 0) is 26.9 Å². The lowest BCUT2D eigenvalue weighted by atomic mass is 10.2. The molecule has 0 bridgehead atoms. The maximum atomic E-state index is 13.1. The van der Waals surface area contributed by atoms with Crippen LogP contribution < -0.4 is 9.64 Å². The lowest BCUT2D eigenvalue weighted by molar-refractivity contribution is -0.116. The van der Waals surface area contributed by atoms with Gasteiger partial charge in [-0.2, -0.15) is 0 Å². The maximum Gasteiger partial charge on any atom is 0.244 e. The van der Waals surface area contributed by atoms with Crippen molar-refractivity contribution >= 4 is 42.4 Å². The Hall–Kier alpha value is -3.17. The van der Waals surface area contributed by atoms with Crippen molar-refractivity contribution in [3.63, 3.8) is 0 Å². The number of furan rings is 1. The molecule has 0 aliphatic heterocycles. The van der Waals surface area contributed by atoms with Crippen LogP contribution >= 0.6 is 11.3 Å². The van der Waals surface area contributed by atoms with Gasteiger partial charge in [0.15, 0.2) is 15.0 Å². The third-order valence-corrected chi connectivity index (χ3v) is 7.09. The molecule has 0 aliphatic carbocycles. The fourth-order valence-corrected chi connectivity index (χ4v) is 5.49. The van der Waals surface area contributed by atoms with Crippen molar-refractivity contribution in [2.45, 2.75) is 12.3 Å². The molecule has 0 saturated heterocycles. The number of rotatable bonds is 8. The third kappa shape index (κ3) is 4.95. The van der Waals surface area contributed by atoms with E-state index in [0.29, 0.717) is 27.7 Å². The second-order valence-corrected chi connectivity index (χ2v) is 9.95. The minimum absolute atomic E-state index is 0.0782. The molecule has 0 atom stereocenters. The number of anilines is 1. The largest absolute Gasteiger partial charge is 0.494 e. The Morgan fingerprint density at radius 3 is 2.61 bits per heavy atom. The molecule has 7 nitrogen and oxygen atoms in total. The van der Waals surface area contributed by atoms with Gasteiger partial charge in [0.2, 0.25) is 5.91 Å². The number of amides is 1. The molecule has 2 heterocycles. The van der Waals surface area contributed by atoms with Gasteiger partial charge in [0, 0.05) is 0 Å². The van der Waals surface area contributed by atoms with Gasteiger partial charge in [0.05, 0.1) is 30.4 Å². The number of para-hydroxylation sites is 1. The van der Waals surface area contributed by atoms with E-state index in [1.165, 1.54) is 22.5 Å². The highest BCUT2D eigenvalue weighted by atomic mass is 32.2. The summed E-state index contributed by atoms with van der Waals surface area (Å²) in [6, 6.07) is 17.7. The van der Waals surface area contributed by atoms with E-state index in [0.717, 1.165) is 4.70 Å². The normalized spacial score (nSPS) is 11.5. The predicted molar refractivity (Wildman–Crippen MR) is 120 cm³/mol. The molecule has 160 valence electrons. The smallest absolute Gasteiger partial charge is 0.244 e. The summed E-state index contributed by atoms with van der Waals surface area (Å²) in [5.41, 5.74) is 1.26. The topological polar surface area (TPSA) is 89.7 Å². The van der Waals surface area contributed by atoms with Crippen LogP contribution in [0.5, 0.6) is 5.75 Å². The molecule has 1 amide bonds. The third-order valence-electron chi connectivity index (χ3n) is 4.59. The second-order valence-electron chi connectivity index (χ2n) is 6.88. The lowest BCUT2D eigenvalue weighted by Gasteiger charge is -2.18. The molecule has 9 heteroatoms. The molecule has 4 rings (SSSR count). The van der Waals surface area contributed by atoms with Crippen LogP contribution in [0.15, 0.2) is 71.3 Å². The van der Waals surface area contributed by atoms with E-state index in [-0.39, 0.29) is 12.3 Å². The van der Waals surface area contributed by atoms with Crippen LogP contribution in [0.4, 0.5) is 5.13 Å². The maximum absolute atomic E-state index is 13.1. The number of methoxy groups -OCH3 is 1. The summed E-state index contributed by atoms with van der Waals surface area (Å²) in [4.78, 5) is 19.1. The monoisotopic (exact) mass is 456 g/mol. The molecule has 2 aromatic heterocycles. The quantitative estimate of drug-likeness (QED) is 0.397. The van der Waals surface area contributed by atoms with Gasteiger partial charge in [0.1, 0.15) is 22.8 Å². The summed E-state index contributed by atoms with van der Waals surface area (Å²) in [5.74, 6) is -0.287. The molecule has 0 unspecified atom stereocenters. The van der Waals surface area contributed by atoms with Crippen molar-refractivity contribution in [3.05, 3.63) is 78.3 Å². The van der Waals surface area contributed by atoms with E-state index in [9.17, 15) is 13.2 Å². The van der Waals surface area contributed by atoms with Gasteiger partial charge in [-0.25, -0.2) is 13.4 Å². The zero-order valence-electron chi connectivity index (χ0n) is 16.7. The van der Waals surface area contributed by atoms with Crippen molar-refractivity contribution in [3.8, 4) is 5.75 Å². The fourth-order valence-electron chi connectivity index (χ4n) is 3.16.